The van der Waals surface area contributed by atoms with Crippen molar-refractivity contribution in [2.75, 3.05) is 18.4 Å². The van der Waals surface area contributed by atoms with Crippen molar-refractivity contribution in [3.05, 3.63) is 71.4 Å². The molecule has 1 amide bonds. The zero-order chi connectivity index (χ0) is 18.9. The van der Waals surface area contributed by atoms with Gasteiger partial charge in [-0.2, -0.15) is 5.10 Å². The molecular formula is C22H21N5O. The molecule has 2 aromatic heterocycles. The summed E-state index contributed by atoms with van der Waals surface area (Å²) >= 11 is 0. The average Bonchev–Trinajstić information content (AvgIpc) is 3.35. The summed E-state index contributed by atoms with van der Waals surface area (Å²) in [7, 11) is 0. The Balaban J connectivity index is 1.37. The number of fused-ring (bicyclic) bond motifs is 5. The third kappa shape index (κ3) is 2.83. The van der Waals surface area contributed by atoms with Crippen LogP contribution in [-0.4, -0.2) is 34.2 Å². The molecule has 0 saturated heterocycles. The van der Waals surface area contributed by atoms with Crippen LogP contribution >= 0.6 is 0 Å². The molecule has 140 valence electrons. The van der Waals surface area contributed by atoms with Crippen molar-refractivity contribution >= 4 is 22.5 Å². The van der Waals surface area contributed by atoms with Crippen LogP contribution in [0.5, 0.6) is 0 Å². The molecule has 0 bridgehead atoms. The highest BCUT2D eigenvalue weighted by Gasteiger charge is 2.24. The molecule has 1 aliphatic rings. The van der Waals surface area contributed by atoms with E-state index >= 15 is 0 Å². The molecule has 0 atom stereocenters. The number of aromatic amines is 2. The molecule has 0 unspecified atom stereocenters. The van der Waals surface area contributed by atoms with Crippen molar-refractivity contribution in [3.63, 3.8) is 0 Å². The SMILES string of the molecule is O=C(NCCNc1ccccc1)c1cccc2[nH]c3c(c12)CCc1cn[nH]c1-3. The largest absolute Gasteiger partial charge is 0.383 e. The van der Waals surface area contributed by atoms with E-state index in [1.807, 2.05) is 54.7 Å². The molecule has 6 nitrogen and oxygen atoms in total. The number of aromatic nitrogens is 3. The van der Waals surface area contributed by atoms with Gasteiger partial charge >= 0.3 is 0 Å². The van der Waals surface area contributed by atoms with Crippen molar-refractivity contribution in [1.82, 2.24) is 20.5 Å². The molecule has 4 N–H and O–H groups in total. The second-order valence-corrected chi connectivity index (χ2v) is 7.03. The van der Waals surface area contributed by atoms with E-state index in [4.69, 9.17) is 0 Å². The second-order valence-electron chi connectivity index (χ2n) is 7.03. The van der Waals surface area contributed by atoms with E-state index in [0.29, 0.717) is 13.1 Å². The number of rotatable bonds is 5. The number of nitrogens with one attached hydrogen (secondary N) is 4. The van der Waals surface area contributed by atoms with Gasteiger partial charge < -0.3 is 15.6 Å². The fourth-order valence-electron chi connectivity index (χ4n) is 3.98. The summed E-state index contributed by atoms with van der Waals surface area (Å²) in [4.78, 5) is 16.4. The van der Waals surface area contributed by atoms with Crippen molar-refractivity contribution in [3.8, 4) is 11.4 Å². The third-order valence-corrected chi connectivity index (χ3v) is 5.30. The first kappa shape index (κ1) is 16.6. The molecular weight excluding hydrogens is 350 g/mol. The van der Waals surface area contributed by atoms with Crippen LogP contribution in [0.15, 0.2) is 54.7 Å². The van der Waals surface area contributed by atoms with Gasteiger partial charge in [-0.15, -0.1) is 0 Å². The Morgan fingerprint density at radius 3 is 2.79 bits per heavy atom. The lowest BCUT2D eigenvalue weighted by atomic mass is 9.92. The van der Waals surface area contributed by atoms with Gasteiger partial charge in [-0.25, -0.2) is 0 Å². The van der Waals surface area contributed by atoms with E-state index in [9.17, 15) is 4.79 Å². The minimum atomic E-state index is -0.0438. The normalized spacial score (nSPS) is 12.4. The van der Waals surface area contributed by atoms with Gasteiger partial charge in [0.05, 0.1) is 17.6 Å². The third-order valence-electron chi connectivity index (χ3n) is 5.30. The van der Waals surface area contributed by atoms with E-state index < -0.39 is 0 Å². The standard InChI is InChI=1S/C22H21N5O/c28-22(24-12-11-23-15-5-2-1-3-6-15)17-7-4-8-18-19(17)16-10-9-14-13-25-27-20(14)21(16)26-18/h1-8,13,23,26H,9-12H2,(H,24,28)(H,25,27). The van der Waals surface area contributed by atoms with Gasteiger partial charge in [0.2, 0.25) is 0 Å². The number of hydrogen-bond acceptors (Lipinski definition) is 3. The number of H-pyrrole nitrogens is 2. The molecule has 4 aromatic rings. The lowest BCUT2D eigenvalue weighted by molar-refractivity contribution is 0.0957. The van der Waals surface area contributed by atoms with E-state index in [1.165, 1.54) is 11.1 Å². The van der Waals surface area contributed by atoms with E-state index in [2.05, 4.69) is 25.8 Å². The van der Waals surface area contributed by atoms with E-state index in [1.54, 1.807) is 0 Å². The monoisotopic (exact) mass is 371 g/mol. The van der Waals surface area contributed by atoms with Crippen molar-refractivity contribution < 1.29 is 4.79 Å². The summed E-state index contributed by atoms with van der Waals surface area (Å²) in [6, 6.07) is 15.8. The summed E-state index contributed by atoms with van der Waals surface area (Å²) in [5.41, 5.74) is 7.27. The Morgan fingerprint density at radius 1 is 1.00 bits per heavy atom. The fraction of sp³-hybridized carbons (Fsp3) is 0.182. The second kappa shape index (κ2) is 6.88. The highest BCUT2D eigenvalue weighted by molar-refractivity contribution is 6.09. The van der Waals surface area contributed by atoms with Gasteiger partial charge in [-0.05, 0) is 48.2 Å². The number of anilines is 1. The Kier molecular flexibility index (Phi) is 4.09. The molecule has 0 fully saturated rings. The maximum atomic E-state index is 12.9. The van der Waals surface area contributed by atoms with Crippen LogP contribution in [0.25, 0.3) is 22.3 Å². The number of para-hydroxylation sites is 1. The molecule has 0 spiro atoms. The molecule has 0 radical (unpaired) electrons. The lowest BCUT2D eigenvalue weighted by Gasteiger charge is -2.13. The minimum absolute atomic E-state index is 0.0438. The van der Waals surface area contributed by atoms with E-state index in [0.717, 1.165) is 46.4 Å². The van der Waals surface area contributed by atoms with Crippen molar-refractivity contribution in [2.45, 2.75) is 12.8 Å². The highest BCUT2D eigenvalue weighted by Crippen LogP contribution is 2.37. The Bertz CT molecular complexity index is 1140. The quantitative estimate of drug-likeness (QED) is 0.405. The van der Waals surface area contributed by atoms with E-state index in [-0.39, 0.29) is 5.91 Å². The number of benzene rings is 2. The smallest absolute Gasteiger partial charge is 0.252 e. The van der Waals surface area contributed by atoms with Gasteiger partial charge in [0.15, 0.2) is 0 Å². The summed E-state index contributed by atoms with van der Waals surface area (Å²) < 4.78 is 0. The maximum Gasteiger partial charge on any atom is 0.252 e. The maximum absolute atomic E-state index is 12.9. The molecule has 2 heterocycles. The van der Waals surface area contributed by atoms with Crippen LogP contribution < -0.4 is 10.6 Å². The molecule has 6 heteroatoms. The molecule has 28 heavy (non-hydrogen) atoms. The first-order valence-corrected chi connectivity index (χ1v) is 9.54. The van der Waals surface area contributed by atoms with Gasteiger partial charge in [0, 0.05) is 35.2 Å². The predicted molar refractivity (Wildman–Crippen MR) is 111 cm³/mol. The Hall–Kier alpha value is -3.54. The Labute approximate surface area is 162 Å². The van der Waals surface area contributed by atoms with Crippen molar-refractivity contribution in [1.29, 1.82) is 0 Å². The molecule has 1 aliphatic carbocycles. The van der Waals surface area contributed by atoms with Crippen LogP contribution in [0.2, 0.25) is 0 Å². The minimum Gasteiger partial charge on any atom is -0.383 e. The van der Waals surface area contributed by atoms with Gasteiger partial charge in [-0.3, -0.25) is 9.89 Å². The summed E-state index contributed by atoms with van der Waals surface area (Å²) in [6.07, 6.45) is 3.72. The number of aryl methyl sites for hydroxylation is 2. The number of carbonyl (C=O) groups excluding carboxylic acids is 1. The number of nitrogens with zero attached hydrogens (tertiary/aromatic N) is 1. The number of hydrogen-bond donors (Lipinski definition) is 4. The highest BCUT2D eigenvalue weighted by atomic mass is 16.1. The number of amides is 1. The van der Waals surface area contributed by atoms with Crippen LogP contribution in [0, 0.1) is 0 Å². The molecule has 5 rings (SSSR count). The topological polar surface area (TPSA) is 85.6 Å². The first-order chi connectivity index (χ1) is 13.8. The average molecular weight is 371 g/mol. The molecule has 0 aliphatic heterocycles. The van der Waals surface area contributed by atoms with Crippen LogP contribution in [0.3, 0.4) is 0 Å². The van der Waals surface area contributed by atoms with Crippen molar-refractivity contribution in [2.24, 2.45) is 0 Å². The summed E-state index contributed by atoms with van der Waals surface area (Å²) in [5.74, 6) is -0.0438. The van der Waals surface area contributed by atoms with Crippen LogP contribution in [0.4, 0.5) is 5.69 Å². The first-order valence-electron chi connectivity index (χ1n) is 9.54. The zero-order valence-electron chi connectivity index (χ0n) is 15.4. The molecule has 0 saturated carbocycles. The number of carbonyl (C=O) groups is 1. The predicted octanol–water partition coefficient (Wildman–Crippen LogP) is 3.50. The summed E-state index contributed by atoms with van der Waals surface area (Å²) in [5, 5.41) is 14.6. The summed E-state index contributed by atoms with van der Waals surface area (Å²) in [6.45, 7) is 1.23. The lowest BCUT2D eigenvalue weighted by Crippen LogP contribution is -2.29. The van der Waals surface area contributed by atoms with Crippen LogP contribution in [-0.2, 0) is 12.8 Å². The van der Waals surface area contributed by atoms with Crippen LogP contribution in [0.1, 0.15) is 21.5 Å². The van der Waals surface area contributed by atoms with Gasteiger partial charge in [-0.1, -0.05) is 24.3 Å². The Morgan fingerprint density at radius 2 is 1.89 bits per heavy atom. The van der Waals surface area contributed by atoms with Gasteiger partial charge in [0.1, 0.15) is 0 Å². The zero-order valence-corrected chi connectivity index (χ0v) is 15.4. The fourth-order valence-corrected chi connectivity index (χ4v) is 3.98. The van der Waals surface area contributed by atoms with Gasteiger partial charge in [0.25, 0.3) is 5.91 Å². The molecule has 2 aromatic carbocycles.